The highest BCUT2D eigenvalue weighted by Gasteiger charge is 2.58. The molecule has 0 aromatic rings. The van der Waals surface area contributed by atoms with Gasteiger partial charge in [-0.1, -0.05) is 12.5 Å². The van der Waals surface area contributed by atoms with E-state index in [0.29, 0.717) is 5.41 Å². The molecule has 76 valence electrons. The van der Waals surface area contributed by atoms with Gasteiger partial charge in [0.2, 0.25) is 0 Å². The summed E-state index contributed by atoms with van der Waals surface area (Å²) in [5, 5.41) is 0. The van der Waals surface area contributed by atoms with Crippen molar-refractivity contribution >= 4 is 6.29 Å². The summed E-state index contributed by atoms with van der Waals surface area (Å²) in [5.41, 5.74) is 0.462. The molecule has 3 rings (SSSR count). The van der Waals surface area contributed by atoms with Crippen LogP contribution in [0.1, 0.15) is 38.5 Å². The summed E-state index contributed by atoms with van der Waals surface area (Å²) in [7, 11) is 0. The standard InChI is InChI=1S/C13H18O/c14-8-2-7-13-6-1-3-12(13)10-4-5-11(13)9-10/h2,7-8,10-12H,1,3-6,9H2/b7-2+. The van der Waals surface area contributed by atoms with Crippen molar-refractivity contribution in [3.05, 3.63) is 12.2 Å². The predicted octanol–water partition coefficient (Wildman–Crippen LogP) is 2.96. The van der Waals surface area contributed by atoms with Crippen molar-refractivity contribution in [2.45, 2.75) is 38.5 Å². The van der Waals surface area contributed by atoms with Crippen LogP contribution in [-0.4, -0.2) is 6.29 Å². The molecule has 3 saturated carbocycles. The van der Waals surface area contributed by atoms with Crippen molar-refractivity contribution in [1.82, 2.24) is 0 Å². The number of hydrogen-bond donors (Lipinski definition) is 0. The molecule has 14 heavy (non-hydrogen) atoms. The number of carbonyl (C=O) groups excluding carboxylic acids is 1. The molecule has 4 atom stereocenters. The zero-order valence-electron chi connectivity index (χ0n) is 8.61. The van der Waals surface area contributed by atoms with Gasteiger partial charge in [-0.2, -0.15) is 0 Å². The van der Waals surface area contributed by atoms with Gasteiger partial charge in [-0.25, -0.2) is 0 Å². The molecule has 0 N–H and O–H groups in total. The zero-order chi connectivity index (χ0) is 9.60. The molecule has 0 aromatic heterocycles. The van der Waals surface area contributed by atoms with Gasteiger partial charge in [-0.15, -0.1) is 0 Å². The van der Waals surface area contributed by atoms with Crippen molar-refractivity contribution in [2.75, 3.05) is 0 Å². The molecule has 3 aliphatic carbocycles. The molecule has 0 spiro atoms. The van der Waals surface area contributed by atoms with E-state index in [1.165, 1.54) is 38.5 Å². The topological polar surface area (TPSA) is 17.1 Å². The van der Waals surface area contributed by atoms with Crippen LogP contribution in [-0.2, 0) is 4.79 Å². The van der Waals surface area contributed by atoms with Gasteiger partial charge < -0.3 is 0 Å². The van der Waals surface area contributed by atoms with E-state index in [0.717, 1.165) is 24.0 Å². The number of carbonyl (C=O) groups is 1. The van der Waals surface area contributed by atoms with Gasteiger partial charge in [0.1, 0.15) is 6.29 Å². The molecule has 3 aliphatic rings. The minimum Gasteiger partial charge on any atom is -0.299 e. The lowest BCUT2D eigenvalue weighted by atomic mass is 9.68. The lowest BCUT2D eigenvalue weighted by Gasteiger charge is -2.36. The number of hydrogen-bond acceptors (Lipinski definition) is 1. The SMILES string of the molecule is O=C/C=C/C12CCCC1C1CCC2C1. The van der Waals surface area contributed by atoms with Crippen LogP contribution in [0.3, 0.4) is 0 Å². The van der Waals surface area contributed by atoms with Crippen molar-refractivity contribution in [1.29, 1.82) is 0 Å². The molecule has 0 amide bonds. The Labute approximate surface area is 85.6 Å². The Balaban J connectivity index is 1.95. The van der Waals surface area contributed by atoms with Gasteiger partial charge >= 0.3 is 0 Å². The van der Waals surface area contributed by atoms with Crippen LogP contribution in [0.5, 0.6) is 0 Å². The highest BCUT2D eigenvalue weighted by atomic mass is 16.1. The molecule has 4 unspecified atom stereocenters. The number of rotatable bonds is 2. The van der Waals surface area contributed by atoms with Gasteiger partial charge in [0.15, 0.2) is 0 Å². The van der Waals surface area contributed by atoms with Crippen LogP contribution >= 0.6 is 0 Å². The molecular formula is C13H18O. The van der Waals surface area contributed by atoms with E-state index in [4.69, 9.17) is 0 Å². The van der Waals surface area contributed by atoms with Crippen LogP contribution in [0.2, 0.25) is 0 Å². The monoisotopic (exact) mass is 190 g/mol. The lowest BCUT2D eigenvalue weighted by Crippen LogP contribution is -2.29. The molecule has 0 saturated heterocycles. The second-order valence-corrected chi connectivity index (χ2v) is 5.38. The van der Waals surface area contributed by atoms with Crippen LogP contribution in [0.4, 0.5) is 0 Å². The smallest absolute Gasteiger partial charge is 0.142 e. The minimum atomic E-state index is 0.462. The average Bonchev–Trinajstić information content (AvgIpc) is 2.86. The van der Waals surface area contributed by atoms with E-state index in [-0.39, 0.29) is 0 Å². The normalized spacial score (nSPS) is 50.1. The Kier molecular flexibility index (Phi) is 1.83. The van der Waals surface area contributed by atoms with Crippen molar-refractivity contribution in [3.8, 4) is 0 Å². The Hall–Kier alpha value is -0.590. The Morgan fingerprint density at radius 3 is 3.00 bits per heavy atom. The molecular weight excluding hydrogens is 172 g/mol. The second kappa shape index (κ2) is 2.95. The van der Waals surface area contributed by atoms with E-state index in [1.807, 2.05) is 0 Å². The van der Waals surface area contributed by atoms with E-state index in [2.05, 4.69) is 6.08 Å². The molecule has 1 nitrogen and oxygen atoms in total. The summed E-state index contributed by atoms with van der Waals surface area (Å²) in [6, 6.07) is 0. The van der Waals surface area contributed by atoms with E-state index in [9.17, 15) is 4.79 Å². The van der Waals surface area contributed by atoms with Gasteiger partial charge in [-0.3, -0.25) is 4.79 Å². The molecule has 3 fully saturated rings. The molecule has 2 bridgehead atoms. The van der Waals surface area contributed by atoms with Crippen molar-refractivity contribution < 1.29 is 4.79 Å². The van der Waals surface area contributed by atoms with Crippen LogP contribution < -0.4 is 0 Å². The summed E-state index contributed by atoms with van der Waals surface area (Å²) in [6.45, 7) is 0. The number of aldehydes is 1. The summed E-state index contributed by atoms with van der Waals surface area (Å²) in [4.78, 5) is 10.5. The maximum absolute atomic E-state index is 10.5. The lowest BCUT2D eigenvalue weighted by molar-refractivity contribution is -0.104. The van der Waals surface area contributed by atoms with Crippen LogP contribution in [0.25, 0.3) is 0 Å². The third-order valence-corrected chi connectivity index (χ3v) is 5.10. The van der Waals surface area contributed by atoms with Crippen molar-refractivity contribution in [3.63, 3.8) is 0 Å². The highest BCUT2D eigenvalue weighted by molar-refractivity contribution is 5.65. The second-order valence-electron chi connectivity index (χ2n) is 5.38. The van der Waals surface area contributed by atoms with E-state index < -0.39 is 0 Å². The van der Waals surface area contributed by atoms with Gasteiger partial charge in [0.25, 0.3) is 0 Å². The van der Waals surface area contributed by atoms with E-state index in [1.54, 1.807) is 6.08 Å². The Morgan fingerprint density at radius 2 is 2.14 bits per heavy atom. The van der Waals surface area contributed by atoms with Crippen molar-refractivity contribution in [2.24, 2.45) is 23.2 Å². The fourth-order valence-corrected chi connectivity index (χ4v) is 4.70. The Bertz CT molecular complexity index is 281. The van der Waals surface area contributed by atoms with Gasteiger partial charge in [0.05, 0.1) is 0 Å². The Morgan fingerprint density at radius 1 is 1.21 bits per heavy atom. The summed E-state index contributed by atoms with van der Waals surface area (Å²) in [6.07, 6.45) is 13.5. The molecule has 0 heterocycles. The highest BCUT2D eigenvalue weighted by Crippen LogP contribution is 2.66. The van der Waals surface area contributed by atoms with Gasteiger partial charge in [0, 0.05) is 0 Å². The first-order valence-electron chi connectivity index (χ1n) is 6.00. The predicted molar refractivity (Wildman–Crippen MR) is 55.8 cm³/mol. The molecule has 0 radical (unpaired) electrons. The zero-order valence-corrected chi connectivity index (χ0v) is 8.61. The largest absolute Gasteiger partial charge is 0.299 e. The maximum Gasteiger partial charge on any atom is 0.142 e. The molecule has 1 heteroatoms. The van der Waals surface area contributed by atoms with Crippen LogP contribution in [0, 0.1) is 23.2 Å². The fourth-order valence-electron chi connectivity index (χ4n) is 4.70. The fraction of sp³-hybridized carbons (Fsp3) is 0.769. The van der Waals surface area contributed by atoms with E-state index >= 15 is 0 Å². The first-order valence-corrected chi connectivity index (χ1v) is 6.00. The molecule has 0 aliphatic heterocycles. The van der Waals surface area contributed by atoms with Gasteiger partial charge in [-0.05, 0) is 61.3 Å². The first-order chi connectivity index (χ1) is 6.87. The van der Waals surface area contributed by atoms with Crippen LogP contribution in [0.15, 0.2) is 12.2 Å². The maximum atomic E-state index is 10.5. The summed E-state index contributed by atoms with van der Waals surface area (Å²) < 4.78 is 0. The first kappa shape index (κ1) is 8.70. The number of allylic oxidation sites excluding steroid dienone is 2. The number of fused-ring (bicyclic) bond motifs is 5. The minimum absolute atomic E-state index is 0.462. The summed E-state index contributed by atoms with van der Waals surface area (Å²) in [5.74, 6) is 2.84. The third-order valence-electron chi connectivity index (χ3n) is 5.10. The third kappa shape index (κ3) is 0.933. The summed E-state index contributed by atoms with van der Waals surface area (Å²) >= 11 is 0. The molecule has 0 aromatic carbocycles. The quantitative estimate of drug-likeness (QED) is 0.483. The average molecular weight is 190 g/mol.